The van der Waals surface area contributed by atoms with E-state index in [1.54, 1.807) is 24.3 Å². The van der Waals surface area contributed by atoms with Crippen molar-refractivity contribution in [3.05, 3.63) is 29.8 Å². The summed E-state index contributed by atoms with van der Waals surface area (Å²) in [6.07, 6.45) is 7.81. The average Bonchev–Trinajstić information content (AvgIpc) is 2.59. The highest BCUT2D eigenvalue weighted by molar-refractivity contribution is 9.10. The van der Waals surface area contributed by atoms with Crippen LogP contribution in [0.25, 0.3) is 0 Å². The van der Waals surface area contributed by atoms with E-state index in [9.17, 15) is 9.59 Å². The molecule has 0 spiro atoms. The Labute approximate surface area is 173 Å². The predicted octanol–water partition coefficient (Wildman–Crippen LogP) is 4.36. The fourth-order valence-electron chi connectivity index (χ4n) is 6.04. The Morgan fingerprint density at radius 3 is 2.46 bits per heavy atom. The topological polar surface area (TPSA) is 79.2 Å². The molecule has 1 N–H and O–H groups in total. The molecule has 0 heterocycles. The van der Waals surface area contributed by atoms with Gasteiger partial charge >= 0.3 is 5.97 Å². The van der Waals surface area contributed by atoms with E-state index >= 15 is 0 Å². The van der Waals surface area contributed by atoms with Crippen molar-refractivity contribution in [3.63, 3.8) is 0 Å². The van der Waals surface area contributed by atoms with Crippen molar-refractivity contribution in [2.75, 3.05) is 11.9 Å². The van der Waals surface area contributed by atoms with Gasteiger partial charge in [-0.25, -0.2) is 0 Å². The van der Waals surface area contributed by atoms with Gasteiger partial charge in [-0.1, -0.05) is 28.1 Å². The third-order valence-electron chi connectivity index (χ3n) is 6.52. The summed E-state index contributed by atoms with van der Waals surface area (Å²) >= 11 is 3.96. The summed E-state index contributed by atoms with van der Waals surface area (Å²) in [5.74, 6) is 0.836. The Balaban J connectivity index is 1.26. The maximum atomic E-state index is 12.5. The van der Waals surface area contributed by atoms with E-state index < -0.39 is 0 Å². The molecule has 4 saturated carbocycles. The van der Waals surface area contributed by atoms with Crippen molar-refractivity contribution >= 4 is 33.5 Å². The number of hydrogen-bond donors (Lipinski definition) is 1. The molecule has 5 rings (SSSR count). The summed E-state index contributed by atoms with van der Waals surface area (Å²) < 4.78 is 5.52. The van der Waals surface area contributed by atoms with E-state index in [2.05, 4.69) is 27.3 Å². The number of esters is 1. The molecule has 4 fully saturated rings. The first-order valence-electron chi connectivity index (χ1n) is 9.97. The van der Waals surface area contributed by atoms with Crippen molar-refractivity contribution in [2.45, 2.75) is 55.7 Å². The van der Waals surface area contributed by atoms with Crippen LogP contribution in [-0.4, -0.2) is 22.8 Å². The Bertz CT molecular complexity index is 800. The molecule has 1 aromatic carbocycles. The standard InChI is InChI=1S/C22H25BrN2O3/c23-22-10-16-7-17(11-22)9-21(8-16,14-22)12-20(27)28-13-19(26)25-18-3-1-15(2-4-18)5-6-24/h1-4,16-17H,5,7-14H2,(H,25,26). The first-order chi connectivity index (χ1) is 13.4. The molecule has 5 nitrogen and oxygen atoms in total. The number of nitrogens with zero attached hydrogens (tertiary/aromatic N) is 1. The highest BCUT2D eigenvalue weighted by atomic mass is 79.9. The zero-order valence-corrected chi connectivity index (χ0v) is 17.5. The molecule has 1 amide bonds. The van der Waals surface area contributed by atoms with Crippen LogP contribution in [0.4, 0.5) is 5.69 Å². The van der Waals surface area contributed by atoms with E-state index in [4.69, 9.17) is 10.00 Å². The highest BCUT2D eigenvalue weighted by Crippen LogP contribution is 2.65. The van der Waals surface area contributed by atoms with Crippen molar-refractivity contribution < 1.29 is 14.3 Å². The quantitative estimate of drug-likeness (QED) is 0.522. The lowest BCUT2D eigenvalue weighted by molar-refractivity contribution is -0.153. The molecule has 2 unspecified atom stereocenters. The van der Waals surface area contributed by atoms with Crippen molar-refractivity contribution in [2.24, 2.45) is 17.3 Å². The van der Waals surface area contributed by atoms with Crippen molar-refractivity contribution in [1.82, 2.24) is 0 Å². The minimum absolute atomic E-state index is 0.0533. The van der Waals surface area contributed by atoms with Crippen LogP contribution >= 0.6 is 15.9 Å². The molecule has 4 bridgehead atoms. The van der Waals surface area contributed by atoms with Crippen LogP contribution in [0.15, 0.2) is 24.3 Å². The van der Waals surface area contributed by atoms with Crippen LogP contribution in [0.2, 0.25) is 0 Å². The van der Waals surface area contributed by atoms with Crippen LogP contribution in [0.5, 0.6) is 0 Å². The normalized spacial score (nSPS) is 32.6. The van der Waals surface area contributed by atoms with Gasteiger partial charge in [-0.2, -0.15) is 5.26 Å². The molecule has 148 valence electrons. The number of anilines is 1. The smallest absolute Gasteiger partial charge is 0.306 e. The maximum absolute atomic E-state index is 12.5. The van der Waals surface area contributed by atoms with Gasteiger partial charge in [0.25, 0.3) is 5.91 Å². The number of carbonyl (C=O) groups is 2. The van der Waals surface area contributed by atoms with E-state index in [0.29, 0.717) is 18.5 Å². The summed E-state index contributed by atoms with van der Waals surface area (Å²) in [6.45, 7) is -0.263. The molecule has 0 radical (unpaired) electrons. The second-order valence-corrected chi connectivity index (χ2v) is 10.7. The van der Waals surface area contributed by atoms with E-state index in [1.165, 1.54) is 19.3 Å². The van der Waals surface area contributed by atoms with Gasteiger partial charge in [0.05, 0.1) is 18.9 Å². The number of hydrogen-bond acceptors (Lipinski definition) is 4. The first kappa shape index (κ1) is 19.4. The third kappa shape index (κ3) is 4.25. The van der Waals surface area contributed by atoms with E-state index in [-0.39, 0.29) is 28.2 Å². The Morgan fingerprint density at radius 1 is 1.18 bits per heavy atom. The number of nitriles is 1. The van der Waals surface area contributed by atoms with Crippen LogP contribution in [0, 0.1) is 28.6 Å². The summed E-state index contributed by atoms with van der Waals surface area (Å²) in [6, 6.07) is 9.18. The lowest BCUT2D eigenvalue weighted by atomic mass is 9.49. The Morgan fingerprint density at radius 2 is 1.86 bits per heavy atom. The molecular weight excluding hydrogens is 420 g/mol. The fraction of sp³-hybridized carbons (Fsp3) is 0.591. The number of carbonyl (C=O) groups excluding carboxylic acids is 2. The summed E-state index contributed by atoms with van der Waals surface area (Å²) in [4.78, 5) is 24.6. The van der Waals surface area contributed by atoms with Crippen LogP contribution in [-0.2, 0) is 20.7 Å². The van der Waals surface area contributed by atoms with E-state index in [0.717, 1.165) is 36.7 Å². The zero-order chi connectivity index (χ0) is 19.8. The van der Waals surface area contributed by atoms with Gasteiger partial charge in [0.1, 0.15) is 0 Å². The largest absolute Gasteiger partial charge is 0.456 e. The molecule has 2 atom stereocenters. The molecule has 4 aliphatic rings. The van der Waals surface area contributed by atoms with Crippen LogP contribution in [0.3, 0.4) is 0 Å². The summed E-state index contributed by atoms with van der Waals surface area (Å²) in [7, 11) is 0. The average molecular weight is 445 g/mol. The van der Waals surface area contributed by atoms with Gasteiger partial charge in [0.2, 0.25) is 0 Å². The number of benzene rings is 1. The lowest BCUT2D eigenvalue weighted by Crippen LogP contribution is -2.53. The number of halogens is 1. The molecule has 0 aromatic heterocycles. The summed E-state index contributed by atoms with van der Waals surface area (Å²) in [5.41, 5.74) is 1.58. The summed E-state index contributed by atoms with van der Waals surface area (Å²) in [5, 5.41) is 11.4. The second-order valence-electron chi connectivity index (χ2n) is 9.03. The van der Waals surface area contributed by atoms with Gasteiger partial charge in [0, 0.05) is 10.0 Å². The number of rotatable bonds is 6. The van der Waals surface area contributed by atoms with Crippen molar-refractivity contribution in [3.8, 4) is 6.07 Å². The number of ether oxygens (including phenoxy) is 1. The molecule has 0 aliphatic heterocycles. The Kier molecular flexibility index (Phi) is 5.22. The molecular formula is C22H25BrN2O3. The molecule has 6 heteroatoms. The van der Waals surface area contributed by atoms with Gasteiger partial charge in [-0.15, -0.1) is 0 Å². The highest BCUT2D eigenvalue weighted by Gasteiger charge is 2.57. The minimum Gasteiger partial charge on any atom is -0.456 e. The van der Waals surface area contributed by atoms with Crippen LogP contribution < -0.4 is 5.32 Å². The number of alkyl halides is 1. The fourth-order valence-corrected chi connectivity index (χ4v) is 7.55. The SMILES string of the molecule is N#CCc1ccc(NC(=O)COC(=O)CC23CC4CC(CC(Br)(C4)C2)C3)cc1. The maximum Gasteiger partial charge on any atom is 0.306 e. The molecule has 1 aromatic rings. The predicted molar refractivity (Wildman–Crippen MR) is 109 cm³/mol. The third-order valence-corrected chi connectivity index (χ3v) is 7.44. The zero-order valence-electron chi connectivity index (χ0n) is 15.9. The molecule has 4 aliphatic carbocycles. The Hall–Kier alpha value is -1.87. The van der Waals surface area contributed by atoms with Crippen LogP contribution in [0.1, 0.15) is 50.5 Å². The van der Waals surface area contributed by atoms with Gasteiger partial charge in [0.15, 0.2) is 6.61 Å². The number of nitrogens with one attached hydrogen (secondary N) is 1. The number of amides is 1. The molecule has 0 saturated heterocycles. The van der Waals surface area contributed by atoms with Gasteiger partial charge in [-0.3, -0.25) is 9.59 Å². The van der Waals surface area contributed by atoms with E-state index in [1.807, 2.05) is 0 Å². The minimum atomic E-state index is -0.344. The van der Waals surface area contributed by atoms with Crippen molar-refractivity contribution in [1.29, 1.82) is 5.26 Å². The first-order valence-corrected chi connectivity index (χ1v) is 10.8. The monoisotopic (exact) mass is 444 g/mol. The van der Waals surface area contributed by atoms with Gasteiger partial charge in [-0.05, 0) is 73.5 Å². The van der Waals surface area contributed by atoms with Gasteiger partial charge < -0.3 is 10.1 Å². The molecule has 28 heavy (non-hydrogen) atoms. The lowest BCUT2D eigenvalue weighted by Gasteiger charge is -2.60. The second kappa shape index (κ2) is 7.51.